The van der Waals surface area contributed by atoms with E-state index in [2.05, 4.69) is 0 Å². The van der Waals surface area contributed by atoms with Crippen molar-refractivity contribution in [3.8, 4) is 0 Å². The Morgan fingerprint density at radius 1 is 1.40 bits per heavy atom. The van der Waals surface area contributed by atoms with Gasteiger partial charge in [-0.25, -0.2) is 0 Å². The van der Waals surface area contributed by atoms with Gasteiger partial charge in [0.25, 0.3) is 0 Å². The standard InChI is InChI=1S/C7H11Cl3/c1-5(4-8)3-7(10)6(2)9/h5H,3-4H2,1-2H3/b7-6-. The van der Waals surface area contributed by atoms with Crippen molar-refractivity contribution in [2.75, 3.05) is 5.88 Å². The first kappa shape index (κ1) is 10.6. The van der Waals surface area contributed by atoms with Crippen LogP contribution in [0, 0.1) is 5.92 Å². The van der Waals surface area contributed by atoms with Crippen LogP contribution in [0.4, 0.5) is 0 Å². The van der Waals surface area contributed by atoms with Gasteiger partial charge in [0.1, 0.15) is 0 Å². The average molecular weight is 202 g/mol. The average Bonchev–Trinajstić information content (AvgIpc) is 1.87. The fourth-order valence-electron chi connectivity index (χ4n) is 0.501. The van der Waals surface area contributed by atoms with Crippen LogP contribution in [0.3, 0.4) is 0 Å². The van der Waals surface area contributed by atoms with E-state index in [1.807, 2.05) is 6.92 Å². The minimum atomic E-state index is 0.405. The molecule has 60 valence electrons. The van der Waals surface area contributed by atoms with Crippen LogP contribution < -0.4 is 0 Å². The summed E-state index contributed by atoms with van der Waals surface area (Å²) < 4.78 is 0. The van der Waals surface area contributed by atoms with Crippen molar-refractivity contribution in [1.29, 1.82) is 0 Å². The van der Waals surface area contributed by atoms with Crippen molar-refractivity contribution in [3.63, 3.8) is 0 Å². The molecule has 0 heterocycles. The first-order valence-electron chi connectivity index (χ1n) is 3.14. The molecule has 0 saturated heterocycles. The highest BCUT2D eigenvalue weighted by atomic mass is 35.5. The molecule has 0 amide bonds. The Balaban J connectivity index is 3.79. The van der Waals surface area contributed by atoms with Crippen LogP contribution >= 0.6 is 34.8 Å². The molecule has 3 heteroatoms. The fourth-order valence-corrected chi connectivity index (χ4v) is 0.951. The van der Waals surface area contributed by atoms with Crippen LogP contribution in [0.2, 0.25) is 0 Å². The van der Waals surface area contributed by atoms with E-state index in [4.69, 9.17) is 34.8 Å². The molecule has 0 aliphatic heterocycles. The Morgan fingerprint density at radius 3 is 2.20 bits per heavy atom. The van der Waals surface area contributed by atoms with Gasteiger partial charge in [0.2, 0.25) is 0 Å². The van der Waals surface area contributed by atoms with Gasteiger partial charge in [-0.3, -0.25) is 0 Å². The monoisotopic (exact) mass is 200 g/mol. The zero-order chi connectivity index (χ0) is 8.15. The minimum absolute atomic E-state index is 0.405. The molecule has 0 saturated carbocycles. The Morgan fingerprint density at radius 2 is 1.90 bits per heavy atom. The maximum atomic E-state index is 5.78. The smallest absolute Gasteiger partial charge is 0.0326 e. The molecule has 0 radical (unpaired) electrons. The highest BCUT2D eigenvalue weighted by Crippen LogP contribution is 2.21. The second kappa shape index (κ2) is 5.29. The second-order valence-electron chi connectivity index (χ2n) is 2.40. The van der Waals surface area contributed by atoms with Crippen molar-refractivity contribution in [1.82, 2.24) is 0 Å². The lowest BCUT2D eigenvalue weighted by Gasteiger charge is -2.05. The number of hydrogen-bond acceptors (Lipinski definition) is 0. The highest BCUT2D eigenvalue weighted by Gasteiger charge is 2.03. The van der Waals surface area contributed by atoms with E-state index >= 15 is 0 Å². The topological polar surface area (TPSA) is 0 Å². The van der Waals surface area contributed by atoms with Crippen LogP contribution in [0.1, 0.15) is 20.3 Å². The summed E-state index contributed by atoms with van der Waals surface area (Å²) >= 11 is 17.0. The summed E-state index contributed by atoms with van der Waals surface area (Å²) in [5.74, 6) is 1.03. The summed E-state index contributed by atoms with van der Waals surface area (Å²) in [4.78, 5) is 0. The summed E-state index contributed by atoms with van der Waals surface area (Å²) in [6.07, 6.45) is 0.778. The van der Waals surface area contributed by atoms with E-state index in [0.717, 1.165) is 11.5 Å². The maximum absolute atomic E-state index is 5.78. The van der Waals surface area contributed by atoms with Gasteiger partial charge < -0.3 is 0 Å². The molecule has 0 aliphatic rings. The molecule has 10 heavy (non-hydrogen) atoms. The molecule has 0 aromatic rings. The molecular weight excluding hydrogens is 190 g/mol. The number of rotatable bonds is 3. The molecular formula is C7H11Cl3. The molecule has 0 aliphatic carbocycles. The summed E-state index contributed by atoms with van der Waals surface area (Å²) in [6, 6.07) is 0. The van der Waals surface area contributed by atoms with E-state index in [0.29, 0.717) is 16.8 Å². The van der Waals surface area contributed by atoms with Crippen LogP contribution in [-0.2, 0) is 0 Å². The van der Waals surface area contributed by atoms with Crippen LogP contribution in [0.25, 0.3) is 0 Å². The molecule has 0 aromatic heterocycles. The quantitative estimate of drug-likeness (QED) is 0.607. The van der Waals surface area contributed by atoms with Gasteiger partial charge in [0, 0.05) is 15.9 Å². The number of alkyl halides is 1. The van der Waals surface area contributed by atoms with E-state index in [1.54, 1.807) is 6.92 Å². The summed E-state index contributed by atoms with van der Waals surface area (Å²) in [7, 11) is 0. The Bertz CT molecular complexity index is 125. The first-order valence-corrected chi connectivity index (χ1v) is 4.43. The summed E-state index contributed by atoms with van der Waals surface area (Å²) in [6.45, 7) is 3.82. The Kier molecular flexibility index (Phi) is 5.61. The zero-order valence-corrected chi connectivity index (χ0v) is 8.39. The van der Waals surface area contributed by atoms with E-state index in [1.165, 1.54) is 0 Å². The van der Waals surface area contributed by atoms with Gasteiger partial charge in [0.05, 0.1) is 0 Å². The predicted octanol–water partition coefficient (Wildman–Crippen LogP) is 3.96. The summed E-state index contributed by atoms with van der Waals surface area (Å²) in [5.41, 5.74) is 0. The van der Waals surface area contributed by atoms with E-state index in [-0.39, 0.29) is 0 Å². The minimum Gasteiger partial charge on any atom is -0.126 e. The van der Waals surface area contributed by atoms with Crippen LogP contribution in [0.15, 0.2) is 10.1 Å². The van der Waals surface area contributed by atoms with Crippen molar-refractivity contribution < 1.29 is 0 Å². The van der Waals surface area contributed by atoms with Crippen molar-refractivity contribution in [2.45, 2.75) is 20.3 Å². The number of allylic oxidation sites excluding steroid dienone is 2. The Hall–Kier alpha value is 0.610. The third-order valence-corrected chi connectivity index (χ3v) is 2.45. The fraction of sp³-hybridized carbons (Fsp3) is 0.714. The lowest BCUT2D eigenvalue weighted by molar-refractivity contribution is 0.663. The largest absolute Gasteiger partial charge is 0.126 e. The van der Waals surface area contributed by atoms with Crippen molar-refractivity contribution in [3.05, 3.63) is 10.1 Å². The van der Waals surface area contributed by atoms with Gasteiger partial charge >= 0.3 is 0 Å². The molecule has 1 unspecified atom stereocenters. The molecule has 0 nitrogen and oxygen atoms in total. The third kappa shape index (κ3) is 4.43. The predicted molar refractivity (Wildman–Crippen MR) is 48.9 cm³/mol. The molecule has 0 fully saturated rings. The number of halogens is 3. The normalized spacial score (nSPS) is 16.5. The zero-order valence-electron chi connectivity index (χ0n) is 6.13. The van der Waals surface area contributed by atoms with Gasteiger partial charge in [-0.05, 0) is 19.3 Å². The molecule has 0 aromatic carbocycles. The third-order valence-electron chi connectivity index (χ3n) is 1.16. The van der Waals surface area contributed by atoms with Gasteiger partial charge in [0.15, 0.2) is 0 Å². The van der Waals surface area contributed by atoms with Gasteiger partial charge in [-0.2, -0.15) is 0 Å². The van der Waals surface area contributed by atoms with E-state index in [9.17, 15) is 0 Å². The maximum Gasteiger partial charge on any atom is 0.0326 e. The molecule has 0 N–H and O–H groups in total. The van der Waals surface area contributed by atoms with Crippen molar-refractivity contribution >= 4 is 34.8 Å². The van der Waals surface area contributed by atoms with Gasteiger partial charge in [-0.15, -0.1) is 11.6 Å². The summed E-state index contributed by atoms with van der Waals surface area (Å²) in [5, 5.41) is 1.38. The lowest BCUT2D eigenvalue weighted by Crippen LogP contribution is -1.95. The molecule has 0 bridgehead atoms. The number of hydrogen-bond donors (Lipinski definition) is 0. The van der Waals surface area contributed by atoms with Gasteiger partial charge in [-0.1, -0.05) is 30.1 Å². The second-order valence-corrected chi connectivity index (χ2v) is 3.73. The molecule has 0 rings (SSSR count). The molecule has 1 atom stereocenters. The Labute approximate surface area is 77.1 Å². The first-order chi connectivity index (χ1) is 4.57. The lowest BCUT2D eigenvalue weighted by atomic mass is 10.1. The highest BCUT2D eigenvalue weighted by molar-refractivity contribution is 6.38. The van der Waals surface area contributed by atoms with Crippen LogP contribution in [-0.4, -0.2) is 5.88 Å². The van der Waals surface area contributed by atoms with Crippen molar-refractivity contribution in [2.24, 2.45) is 5.92 Å². The molecule has 0 spiro atoms. The SMILES string of the molecule is C/C(Cl)=C(/Cl)CC(C)CCl. The van der Waals surface area contributed by atoms with E-state index < -0.39 is 0 Å². The van der Waals surface area contributed by atoms with Crippen LogP contribution in [0.5, 0.6) is 0 Å².